The summed E-state index contributed by atoms with van der Waals surface area (Å²) in [5.41, 5.74) is 6.66. The van der Waals surface area contributed by atoms with Crippen LogP contribution in [0.3, 0.4) is 0 Å². The largest absolute Gasteiger partial charge is 0.382 e. The molecule has 1 aromatic carbocycles. The predicted molar refractivity (Wildman–Crippen MR) is 105 cm³/mol. The summed E-state index contributed by atoms with van der Waals surface area (Å²) in [6, 6.07) is 8.75. The van der Waals surface area contributed by atoms with Crippen molar-refractivity contribution in [1.82, 2.24) is 15.5 Å². The molecule has 0 aromatic heterocycles. The summed E-state index contributed by atoms with van der Waals surface area (Å²) in [6.07, 6.45) is 0.783. The van der Waals surface area contributed by atoms with Crippen molar-refractivity contribution in [3.05, 3.63) is 35.9 Å². The van der Waals surface area contributed by atoms with Crippen LogP contribution in [0.25, 0.3) is 0 Å². The number of carbonyl (C=O) groups excluding carboxylic acids is 3. The zero-order valence-corrected chi connectivity index (χ0v) is 16.5. The van der Waals surface area contributed by atoms with E-state index in [1.165, 1.54) is 4.90 Å². The van der Waals surface area contributed by atoms with Gasteiger partial charge in [0.2, 0.25) is 12.3 Å². The monoisotopic (exact) mass is 380 g/mol. The van der Waals surface area contributed by atoms with Crippen LogP contribution < -0.4 is 16.4 Å². The number of hydrogen-bond donors (Lipinski definition) is 4. The van der Waals surface area contributed by atoms with Crippen molar-refractivity contribution in [3.63, 3.8) is 0 Å². The molecule has 0 fully saturated rings. The van der Waals surface area contributed by atoms with Crippen molar-refractivity contribution in [1.29, 1.82) is 0 Å². The first-order valence-electron chi connectivity index (χ1n) is 8.90. The van der Waals surface area contributed by atoms with E-state index in [9.17, 15) is 19.5 Å². The Bertz CT molecular complexity index is 566. The van der Waals surface area contributed by atoms with Crippen LogP contribution in [0.15, 0.2) is 30.3 Å². The van der Waals surface area contributed by atoms with E-state index in [0.717, 1.165) is 18.4 Å². The molecule has 0 radical (unpaired) electrons. The van der Waals surface area contributed by atoms with E-state index in [-0.39, 0.29) is 18.5 Å². The molecule has 1 rings (SSSR count). The second-order valence-electron chi connectivity index (χ2n) is 6.38. The number of hydrogen-bond acceptors (Lipinski definition) is 5. The highest BCUT2D eigenvalue weighted by Crippen LogP contribution is 2.10. The van der Waals surface area contributed by atoms with Crippen LogP contribution in [-0.2, 0) is 14.4 Å². The SMILES string of the molecule is CCCC(N)C(O)C(=O)NCC(=O)NC(C)c1ccccc1.CN(C)C=O. The maximum absolute atomic E-state index is 11.8. The Morgan fingerprint density at radius 2 is 1.81 bits per heavy atom. The number of nitrogens with two attached hydrogens (primary N) is 1. The Kier molecular flexibility index (Phi) is 12.5. The molecule has 0 heterocycles. The minimum absolute atomic E-state index is 0.155. The van der Waals surface area contributed by atoms with E-state index in [1.807, 2.05) is 44.2 Å². The quantitative estimate of drug-likeness (QED) is 0.455. The Morgan fingerprint density at radius 1 is 1.26 bits per heavy atom. The third-order valence-corrected chi connectivity index (χ3v) is 3.61. The fourth-order valence-electron chi connectivity index (χ4n) is 2.08. The van der Waals surface area contributed by atoms with Crippen LogP contribution in [0.5, 0.6) is 0 Å². The number of nitrogens with one attached hydrogen (secondary N) is 2. The number of carbonyl (C=O) groups is 3. The van der Waals surface area contributed by atoms with E-state index >= 15 is 0 Å². The van der Waals surface area contributed by atoms with Crippen LogP contribution in [0.1, 0.15) is 38.3 Å². The Balaban J connectivity index is 0.00000119. The van der Waals surface area contributed by atoms with Gasteiger partial charge in [0.25, 0.3) is 5.91 Å². The van der Waals surface area contributed by atoms with Gasteiger partial charge in [-0.2, -0.15) is 0 Å². The van der Waals surface area contributed by atoms with E-state index in [0.29, 0.717) is 6.42 Å². The van der Waals surface area contributed by atoms with Gasteiger partial charge in [-0.1, -0.05) is 43.7 Å². The number of rotatable bonds is 9. The number of aliphatic hydroxyl groups is 1. The van der Waals surface area contributed by atoms with Crippen molar-refractivity contribution in [2.45, 2.75) is 44.9 Å². The van der Waals surface area contributed by atoms with Crippen molar-refractivity contribution < 1.29 is 19.5 Å². The molecule has 3 amide bonds. The fraction of sp³-hybridized carbons (Fsp3) is 0.526. The topological polar surface area (TPSA) is 125 Å². The third kappa shape index (κ3) is 11.0. The predicted octanol–water partition coefficient (Wildman–Crippen LogP) is 0.173. The van der Waals surface area contributed by atoms with E-state index < -0.39 is 18.1 Å². The molecule has 0 saturated carbocycles. The molecule has 0 spiro atoms. The van der Waals surface area contributed by atoms with Gasteiger partial charge < -0.3 is 26.4 Å². The first-order chi connectivity index (χ1) is 12.7. The van der Waals surface area contributed by atoms with Crippen molar-refractivity contribution in [2.75, 3.05) is 20.6 Å². The molecule has 0 aliphatic carbocycles. The van der Waals surface area contributed by atoms with Gasteiger partial charge in [-0.3, -0.25) is 14.4 Å². The molecule has 0 aliphatic heterocycles. The summed E-state index contributed by atoms with van der Waals surface area (Å²) in [6.45, 7) is 3.59. The van der Waals surface area contributed by atoms with E-state index in [4.69, 9.17) is 5.73 Å². The molecule has 0 saturated heterocycles. The molecular weight excluding hydrogens is 348 g/mol. The van der Waals surface area contributed by atoms with Crippen molar-refractivity contribution in [3.8, 4) is 0 Å². The number of aliphatic hydroxyl groups excluding tert-OH is 1. The summed E-state index contributed by atoms with van der Waals surface area (Å²) in [5.74, 6) is -0.940. The molecule has 5 N–H and O–H groups in total. The van der Waals surface area contributed by atoms with Gasteiger partial charge in [0.05, 0.1) is 12.6 Å². The standard InChI is InChI=1S/C16H25N3O3.C3H7NO/c1-3-7-13(17)15(21)16(22)18-10-14(20)19-11(2)12-8-5-4-6-9-12;1-4(2)3-5/h4-6,8-9,11,13,15,21H,3,7,10,17H2,1-2H3,(H,18,22)(H,19,20);3H,1-2H3. The molecule has 1 aromatic rings. The van der Waals surface area contributed by atoms with Crippen LogP contribution in [0.2, 0.25) is 0 Å². The first-order valence-corrected chi connectivity index (χ1v) is 8.90. The van der Waals surface area contributed by atoms with Gasteiger partial charge >= 0.3 is 0 Å². The lowest BCUT2D eigenvalue weighted by Crippen LogP contribution is -2.48. The Hall–Kier alpha value is -2.45. The zero-order valence-electron chi connectivity index (χ0n) is 16.5. The second kappa shape index (κ2) is 13.7. The fourth-order valence-corrected chi connectivity index (χ4v) is 2.08. The summed E-state index contributed by atoms with van der Waals surface area (Å²) >= 11 is 0. The molecule has 0 aliphatic rings. The van der Waals surface area contributed by atoms with Crippen molar-refractivity contribution >= 4 is 18.2 Å². The Labute approximate surface area is 161 Å². The van der Waals surface area contributed by atoms with Gasteiger partial charge in [0, 0.05) is 20.1 Å². The molecule has 27 heavy (non-hydrogen) atoms. The summed E-state index contributed by atoms with van der Waals surface area (Å²) in [4.78, 5) is 34.4. The minimum atomic E-state index is -1.29. The van der Waals surface area contributed by atoms with Gasteiger partial charge in [-0.15, -0.1) is 0 Å². The lowest BCUT2D eigenvalue weighted by molar-refractivity contribution is -0.132. The maximum Gasteiger partial charge on any atom is 0.250 e. The molecule has 152 valence electrons. The smallest absolute Gasteiger partial charge is 0.250 e. The average molecular weight is 380 g/mol. The minimum Gasteiger partial charge on any atom is -0.382 e. The van der Waals surface area contributed by atoms with Gasteiger partial charge in [-0.05, 0) is 18.9 Å². The molecule has 3 atom stereocenters. The normalized spacial score (nSPS) is 13.3. The third-order valence-electron chi connectivity index (χ3n) is 3.61. The zero-order chi connectivity index (χ0) is 20.8. The Morgan fingerprint density at radius 3 is 2.30 bits per heavy atom. The molecule has 0 bridgehead atoms. The highest BCUT2D eigenvalue weighted by molar-refractivity contribution is 5.87. The number of nitrogens with zero attached hydrogens (tertiary/aromatic N) is 1. The molecule has 8 nitrogen and oxygen atoms in total. The maximum atomic E-state index is 11.8. The number of amides is 3. The van der Waals surface area contributed by atoms with Crippen LogP contribution >= 0.6 is 0 Å². The summed E-state index contributed by atoms with van der Waals surface area (Å²) < 4.78 is 0. The molecular formula is C19H32N4O4. The van der Waals surface area contributed by atoms with Crippen LogP contribution in [0.4, 0.5) is 0 Å². The molecule has 8 heteroatoms. The van der Waals surface area contributed by atoms with Gasteiger partial charge in [0.15, 0.2) is 0 Å². The summed E-state index contributed by atoms with van der Waals surface area (Å²) in [5, 5.41) is 14.9. The number of benzene rings is 1. The summed E-state index contributed by atoms with van der Waals surface area (Å²) in [7, 11) is 3.38. The molecule has 3 unspecified atom stereocenters. The average Bonchev–Trinajstić information content (AvgIpc) is 2.66. The first kappa shape index (κ1) is 24.6. The van der Waals surface area contributed by atoms with E-state index in [2.05, 4.69) is 10.6 Å². The highest BCUT2D eigenvalue weighted by Gasteiger charge is 2.22. The lowest BCUT2D eigenvalue weighted by atomic mass is 10.1. The van der Waals surface area contributed by atoms with Gasteiger partial charge in [-0.25, -0.2) is 0 Å². The highest BCUT2D eigenvalue weighted by atomic mass is 16.3. The van der Waals surface area contributed by atoms with Gasteiger partial charge in [0.1, 0.15) is 6.10 Å². The second-order valence-corrected chi connectivity index (χ2v) is 6.38. The van der Waals surface area contributed by atoms with Crippen LogP contribution in [-0.4, -0.2) is 61.0 Å². The van der Waals surface area contributed by atoms with Crippen molar-refractivity contribution in [2.24, 2.45) is 5.73 Å². The van der Waals surface area contributed by atoms with Crippen LogP contribution in [0, 0.1) is 0 Å². The lowest BCUT2D eigenvalue weighted by Gasteiger charge is -2.18. The van der Waals surface area contributed by atoms with E-state index in [1.54, 1.807) is 14.1 Å².